The molecule has 1 saturated heterocycles. The highest BCUT2D eigenvalue weighted by molar-refractivity contribution is 5.40. The molecule has 1 aromatic carbocycles. The summed E-state index contributed by atoms with van der Waals surface area (Å²) in [4.78, 5) is 0. The summed E-state index contributed by atoms with van der Waals surface area (Å²) in [5.74, 6) is 1.60. The van der Waals surface area contributed by atoms with Crippen LogP contribution in [0.25, 0.3) is 0 Å². The van der Waals surface area contributed by atoms with Gasteiger partial charge < -0.3 is 15.2 Å². The van der Waals surface area contributed by atoms with Crippen molar-refractivity contribution in [1.82, 2.24) is 0 Å². The predicted molar refractivity (Wildman–Crippen MR) is 77.8 cm³/mol. The van der Waals surface area contributed by atoms with Crippen molar-refractivity contribution in [2.24, 2.45) is 11.7 Å². The molecule has 2 N–H and O–H groups in total. The lowest BCUT2D eigenvalue weighted by Crippen LogP contribution is -2.47. The number of hydrogen-bond donors (Lipinski definition) is 1. The van der Waals surface area contributed by atoms with E-state index in [4.69, 9.17) is 15.2 Å². The van der Waals surface area contributed by atoms with Gasteiger partial charge in [0, 0.05) is 19.1 Å². The number of ether oxygens (including phenoxy) is 2. The van der Waals surface area contributed by atoms with E-state index in [1.54, 1.807) is 0 Å². The van der Waals surface area contributed by atoms with E-state index in [2.05, 4.69) is 18.2 Å². The number of nitrogens with two attached hydrogens (primary N) is 1. The van der Waals surface area contributed by atoms with Crippen molar-refractivity contribution >= 4 is 0 Å². The van der Waals surface area contributed by atoms with Gasteiger partial charge >= 0.3 is 0 Å². The van der Waals surface area contributed by atoms with Crippen LogP contribution in [-0.4, -0.2) is 18.8 Å². The molecule has 2 unspecified atom stereocenters. The number of fused-ring (bicyclic) bond motifs is 1. The average Bonchev–Trinajstić information content (AvgIpc) is 2.92. The zero-order valence-electron chi connectivity index (χ0n) is 11.9. The fourth-order valence-electron chi connectivity index (χ4n) is 3.98. The Morgan fingerprint density at radius 1 is 1.25 bits per heavy atom. The molecule has 1 aromatic rings. The quantitative estimate of drug-likeness (QED) is 0.901. The van der Waals surface area contributed by atoms with Gasteiger partial charge in [0.2, 0.25) is 0 Å². The van der Waals surface area contributed by atoms with E-state index in [1.165, 1.54) is 30.4 Å². The Kier molecular flexibility index (Phi) is 3.00. The highest BCUT2D eigenvalue weighted by Crippen LogP contribution is 2.46. The molecule has 108 valence electrons. The minimum atomic E-state index is 0.141. The van der Waals surface area contributed by atoms with Crippen LogP contribution in [0, 0.1) is 5.92 Å². The molecule has 3 aliphatic rings. The van der Waals surface area contributed by atoms with Crippen molar-refractivity contribution in [3.63, 3.8) is 0 Å². The molecular formula is C17H23NO2. The maximum absolute atomic E-state index is 6.57. The monoisotopic (exact) mass is 273 g/mol. The third-order valence-electron chi connectivity index (χ3n) is 5.40. The van der Waals surface area contributed by atoms with Crippen molar-refractivity contribution in [2.75, 3.05) is 13.2 Å². The maximum atomic E-state index is 6.57. The highest BCUT2D eigenvalue weighted by Gasteiger charge is 2.44. The first-order chi connectivity index (χ1) is 9.76. The summed E-state index contributed by atoms with van der Waals surface area (Å²) < 4.78 is 11.6. The van der Waals surface area contributed by atoms with Crippen LogP contribution in [0.1, 0.15) is 49.3 Å². The molecule has 4 rings (SSSR count). The minimum absolute atomic E-state index is 0.141. The lowest BCUT2D eigenvalue weighted by atomic mass is 9.70. The molecule has 2 fully saturated rings. The van der Waals surface area contributed by atoms with E-state index in [0.717, 1.165) is 38.2 Å². The molecule has 0 aromatic heterocycles. The molecule has 20 heavy (non-hydrogen) atoms. The summed E-state index contributed by atoms with van der Waals surface area (Å²) in [6, 6.07) is 6.64. The summed E-state index contributed by atoms with van der Waals surface area (Å²) in [6.45, 7) is 1.70. The smallest absolute Gasteiger partial charge is 0.122 e. The van der Waals surface area contributed by atoms with Gasteiger partial charge in [-0.3, -0.25) is 0 Å². The Balaban J connectivity index is 1.53. The molecule has 0 radical (unpaired) electrons. The molecule has 1 aliphatic carbocycles. The van der Waals surface area contributed by atoms with Crippen molar-refractivity contribution < 1.29 is 9.47 Å². The summed E-state index contributed by atoms with van der Waals surface area (Å²) in [5.41, 5.74) is 9.34. The molecule has 2 heterocycles. The fourth-order valence-corrected chi connectivity index (χ4v) is 3.98. The normalized spacial score (nSPS) is 28.6. The first-order valence-corrected chi connectivity index (χ1v) is 7.91. The van der Waals surface area contributed by atoms with Crippen molar-refractivity contribution in [3.8, 4) is 5.75 Å². The Morgan fingerprint density at radius 3 is 2.95 bits per heavy atom. The first kappa shape index (κ1) is 12.7. The van der Waals surface area contributed by atoms with E-state index >= 15 is 0 Å². The van der Waals surface area contributed by atoms with Gasteiger partial charge in [0.15, 0.2) is 0 Å². The van der Waals surface area contributed by atoms with Crippen LogP contribution in [0.5, 0.6) is 5.75 Å². The predicted octanol–water partition coefficient (Wildman–Crippen LogP) is 2.97. The third-order valence-corrected chi connectivity index (χ3v) is 5.40. The van der Waals surface area contributed by atoms with Crippen LogP contribution in [0.4, 0.5) is 0 Å². The highest BCUT2D eigenvalue weighted by atomic mass is 16.5. The second kappa shape index (κ2) is 4.74. The summed E-state index contributed by atoms with van der Waals surface area (Å²) >= 11 is 0. The molecule has 2 aliphatic heterocycles. The molecular weight excluding hydrogens is 250 g/mol. The maximum Gasteiger partial charge on any atom is 0.122 e. The van der Waals surface area contributed by atoms with Crippen LogP contribution in [0.3, 0.4) is 0 Å². The first-order valence-electron chi connectivity index (χ1n) is 7.91. The van der Waals surface area contributed by atoms with E-state index < -0.39 is 0 Å². The molecule has 3 nitrogen and oxygen atoms in total. The van der Waals surface area contributed by atoms with Crippen LogP contribution < -0.4 is 10.5 Å². The molecule has 1 spiro atoms. The zero-order valence-corrected chi connectivity index (χ0v) is 11.9. The summed E-state index contributed by atoms with van der Waals surface area (Å²) in [7, 11) is 0. The van der Waals surface area contributed by atoms with Crippen molar-refractivity contribution in [2.45, 2.75) is 50.2 Å². The summed E-state index contributed by atoms with van der Waals surface area (Å²) in [5, 5.41) is 0. The lowest BCUT2D eigenvalue weighted by Gasteiger charge is -2.48. The standard InChI is InChI=1S/C17H23NO2/c18-16(13-2-3-15-12(10-13)4-8-19-15)14-5-9-20-17(11-14)6-1-7-17/h2-3,10,14,16H,1,4-9,11,18H2. The molecule has 3 heteroatoms. The second-order valence-corrected chi connectivity index (χ2v) is 6.63. The van der Waals surface area contributed by atoms with Gasteiger partial charge in [0.1, 0.15) is 5.75 Å². The van der Waals surface area contributed by atoms with Crippen molar-refractivity contribution in [3.05, 3.63) is 29.3 Å². The minimum Gasteiger partial charge on any atom is -0.493 e. The third kappa shape index (κ3) is 2.04. The molecule has 2 atom stereocenters. The Labute approximate surface area is 120 Å². The van der Waals surface area contributed by atoms with Gasteiger partial charge in [0.25, 0.3) is 0 Å². The molecule has 1 saturated carbocycles. The summed E-state index contributed by atoms with van der Waals surface area (Å²) in [6.07, 6.45) is 7.03. The molecule has 0 amide bonds. The Morgan fingerprint density at radius 2 is 2.15 bits per heavy atom. The largest absolute Gasteiger partial charge is 0.493 e. The number of hydrogen-bond acceptors (Lipinski definition) is 3. The van der Waals surface area contributed by atoms with Crippen molar-refractivity contribution in [1.29, 1.82) is 0 Å². The zero-order chi connectivity index (χ0) is 13.6. The Hall–Kier alpha value is -1.06. The van der Waals surface area contributed by atoms with Gasteiger partial charge in [-0.25, -0.2) is 0 Å². The second-order valence-electron chi connectivity index (χ2n) is 6.63. The average molecular weight is 273 g/mol. The van der Waals surface area contributed by atoms with Crippen LogP contribution >= 0.6 is 0 Å². The van der Waals surface area contributed by atoms with E-state index in [1.807, 2.05) is 0 Å². The van der Waals surface area contributed by atoms with Crippen LogP contribution in [0.2, 0.25) is 0 Å². The SMILES string of the molecule is NC(c1ccc2c(c1)CCO2)C1CCOC2(CCC2)C1. The van der Waals surface area contributed by atoms with E-state index in [-0.39, 0.29) is 11.6 Å². The van der Waals surface area contributed by atoms with Gasteiger partial charge in [-0.2, -0.15) is 0 Å². The fraction of sp³-hybridized carbons (Fsp3) is 0.647. The lowest BCUT2D eigenvalue weighted by molar-refractivity contribution is -0.146. The van der Waals surface area contributed by atoms with Gasteiger partial charge in [0.05, 0.1) is 12.2 Å². The van der Waals surface area contributed by atoms with Gasteiger partial charge in [-0.05, 0) is 55.2 Å². The van der Waals surface area contributed by atoms with E-state index in [0.29, 0.717) is 5.92 Å². The van der Waals surface area contributed by atoms with Crippen LogP contribution in [0.15, 0.2) is 18.2 Å². The van der Waals surface area contributed by atoms with Gasteiger partial charge in [-0.1, -0.05) is 12.1 Å². The number of benzene rings is 1. The topological polar surface area (TPSA) is 44.5 Å². The van der Waals surface area contributed by atoms with Crippen LogP contribution in [-0.2, 0) is 11.2 Å². The van der Waals surface area contributed by atoms with E-state index in [9.17, 15) is 0 Å². The number of rotatable bonds is 2. The van der Waals surface area contributed by atoms with Gasteiger partial charge in [-0.15, -0.1) is 0 Å². The Bertz CT molecular complexity index is 510. The molecule has 0 bridgehead atoms.